The molecule has 1 fully saturated rings. The molecule has 0 saturated carbocycles. The molecule has 0 unspecified atom stereocenters. The molecular formula is C27H28FN3O5S. The van der Waals surface area contributed by atoms with Crippen molar-refractivity contribution >= 4 is 21.6 Å². The fourth-order valence-corrected chi connectivity index (χ4v) is 5.89. The summed E-state index contributed by atoms with van der Waals surface area (Å²) in [5.74, 6) is 0.384. The van der Waals surface area contributed by atoms with Gasteiger partial charge in [0.1, 0.15) is 12.4 Å². The van der Waals surface area contributed by atoms with E-state index in [2.05, 4.69) is 4.90 Å². The lowest BCUT2D eigenvalue weighted by molar-refractivity contribution is -0.131. The summed E-state index contributed by atoms with van der Waals surface area (Å²) >= 11 is 0. The van der Waals surface area contributed by atoms with E-state index in [4.69, 9.17) is 9.47 Å². The van der Waals surface area contributed by atoms with Crippen LogP contribution in [0.2, 0.25) is 0 Å². The topological polar surface area (TPSA) is 79.4 Å². The van der Waals surface area contributed by atoms with E-state index in [1.807, 2.05) is 25.1 Å². The van der Waals surface area contributed by atoms with Gasteiger partial charge in [-0.1, -0.05) is 35.9 Å². The number of ether oxygens (including phenoxy) is 2. The zero-order valence-corrected chi connectivity index (χ0v) is 21.3. The average molecular weight is 526 g/mol. The number of aryl methyl sites for hydroxylation is 1. The minimum Gasteiger partial charge on any atom is -0.454 e. The highest BCUT2D eigenvalue weighted by atomic mass is 32.2. The van der Waals surface area contributed by atoms with Gasteiger partial charge in [0, 0.05) is 32.7 Å². The number of nitrogens with zero attached hydrogens (tertiary/aromatic N) is 3. The van der Waals surface area contributed by atoms with Crippen molar-refractivity contribution in [2.24, 2.45) is 0 Å². The van der Waals surface area contributed by atoms with Gasteiger partial charge in [0.15, 0.2) is 11.5 Å². The first-order valence-electron chi connectivity index (χ1n) is 12.0. The van der Waals surface area contributed by atoms with Crippen LogP contribution in [0.25, 0.3) is 0 Å². The molecule has 3 aromatic carbocycles. The third kappa shape index (κ3) is 5.40. The highest BCUT2D eigenvalue weighted by molar-refractivity contribution is 7.92. The van der Waals surface area contributed by atoms with E-state index in [0.29, 0.717) is 32.7 Å². The molecule has 0 N–H and O–H groups in total. The SMILES string of the molecule is Cc1ccc(S(=O)(=O)N(CC(=O)N2CCN(Cc3ccc4c(c3)OCO4)CC2)c2ccccc2F)cc1. The van der Waals surface area contributed by atoms with Crippen LogP contribution in [-0.4, -0.2) is 63.6 Å². The van der Waals surface area contributed by atoms with Crippen molar-refractivity contribution in [1.82, 2.24) is 9.80 Å². The van der Waals surface area contributed by atoms with Gasteiger partial charge in [-0.2, -0.15) is 0 Å². The van der Waals surface area contributed by atoms with Gasteiger partial charge >= 0.3 is 0 Å². The Balaban J connectivity index is 1.28. The van der Waals surface area contributed by atoms with Gasteiger partial charge in [-0.3, -0.25) is 14.0 Å². The fourth-order valence-electron chi connectivity index (χ4n) is 4.47. The Morgan fingerprint density at radius 2 is 1.65 bits per heavy atom. The van der Waals surface area contributed by atoms with Gasteiger partial charge in [-0.15, -0.1) is 0 Å². The second-order valence-electron chi connectivity index (χ2n) is 9.12. The molecule has 1 amide bonds. The standard InChI is InChI=1S/C27H28FN3O5S/c1-20-6-9-22(10-7-20)37(33,34)31(24-5-3-2-4-23(24)28)18-27(32)30-14-12-29(13-15-30)17-21-8-11-25-26(16-21)36-19-35-25/h2-11,16H,12-15,17-19H2,1H3. The van der Waals surface area contributed by atoms with Crippen molar-refractivity contribution < 1.29 is 27.1 Å². The summed E-state index contributed by atoms with van der Waals surface area (Å²) in [5.41, 5.74) is 1.82. The molecule has 37 heavy (non-hydrogen) atoms. The number of carbonyl (C=O) groups is 1. The maximum Gasteiger partial charge on any atom is 0.264 e. The van der Waals surface area contributed by atoms with Crippen LogP contribution in [-0.2, 0) is 21.4 Å². The predicted octanol–water partition coefficient (Wildman–Crippen LogP) is 3.40. The van der Waals surface area contributed by atoms with E-state index in [1.165, 1.54) is 30.3 Å². The molecule has 0 aliphatic carbocycles. The van der Waals surface area contributed by atoms with Crippen LogP contribution in [0.4, 0.5) is 10.1 Å². The lowest BCUT2D eigenvalue weighted by Gasteiger charge is -2.36. The van der Waals surface area contributed by atoms with E-state index in [0.717, 1.165) is 26.9 Å². The minimum atomic E-state index is -4.17. The molecule has 2 aliphatic rings. The molecule has 3 aromatic rings. The second kappa shape index (κ2) is 10.4. The Hall–Kier alpha value is -3.63. The number of hydrogen-bond acceptors (Lipinski definition) is 6. The second-order valence-corrected chi connectivity index (χ2v) is 11.0. The Kier molecular flexibility index (Phi) is 7.03. The van der Waals surface area contributed by atoms with E-state index in [-0.39, 0.29) is 23.3 Å². The summed E-state index contributed by atoms with van der Waals surface area (Å²) in [6.07, 6.45) is 0. The number of benzene rings is 3. The fraction of sp³-hybridized carbons (Fsp3) is 0.296. The highest BCUT2D eigenvalue weighted by Crippen LogP contribution is 2.33. The maximum atomic E-state index is 14.7. The molecule has 5 rings (SSSR count). The predicted molar refractivity (Wildman–Crippen MR) is 137 cm³/mol. The molecule has 0 radical (unpaired) electrons. The van der Waals surface area contributed by atoms with Crippen LogP contribution in [0.1, 0.15) is 11.1 Å². The van der Waals surface area contributed by atoms with Crippen LogP contribution in [0.15, 0.2) is 71.6 Å². The van der Waals surface area contributed by atoms with Crippen molar-refractivity contribution in [3.05, 3.63) is 83.7 Å². The summed E-state index contributed by atoms with van der Waals surface area (Å²) in [6, 6.07) is 17.7. The van der Waals surface area contributed by atoms with Crippen LogP contribution in [0.5, 0.6) is 11.5 Å². The molecule has 8 nitrogen and oxygen atoms in total. The lowest BCUT2D eigenvalue weighted by atomic mass is 10.1. The number of fused-ring (bicyclic) bond motifs is 1. The molecular weight excluding hydrogens is 497 g/mol. The third-order valence-electron chi connectivity index (χ3n) is 6.58. The van der Waals surface area contributed by atoms with Crippen molar-refractivity contribution in [2.75, 3.05) is 43.8 Å². The van der Waals surface area contributed by atoms with E-state index in [9.17, 15) is 17.6 Å². The van der Waals surface area contributed by atoms with Crippen LogP contribution in [0, 0.1) is 12.7 Å². The number of carbonyl (C=O) groups excluding carboxylic acids is 1. The number of hydrogen-bond donors (Lipinski definition) is 0. The van der Waals surface area contributed by atoms with E-state index in [1.54, 1.807) is 23.1 Å². The molecule has 194 valence electrons. The Morgan fingerprint density at radius 1 is 0.946 bits per heavy atom. The quantitative estimate of drug-likeness (QED) is 0.471. The maximum absolute atomic E-state index is 14.7. The Labute approximate surface area is 215 Å². The number of piperazine rings is 1. The zero-order valence-electron chi connectivity index (χ0n) is 20.5. The van der Waals surface area contributed by atoms with Gasteiger partial charge in [-0.25, -0.2) is 12.8 Å². The number of rotatable bonds is 7. The smallest absolute Gasteiger partial charge is 0.264 e. The molecule has 2 aliphatic heterocycles. The third-order valence-corrected chi connectivity index (χ3v) is 8.35. The average Bonchev–Trinajstić information content (AvgIpc) is 3.36. The number of sulfonamides is 1. The number of amides is 1. The first kappa shape index (κ1) is 25.0. The molecule has 2 heterocycles. The number of halogens is 1. The first-order chi connectivity index (χ1) is 17.8. The van der Waals surface area contributed by atoms with Crippen molar-refractivity contribution in [1.29, 1.82) is 0 Å². The van der Waals surface area contributed by atoms with Crippen molar-refractivity contribution in [3.8, 4) is 11.5 Å². The summed E-state index contributed by atoms with van der Waals surface area (Å²) in [5, 5.41) is 0. The molecule has 0 bridgehead atoms. The normalized spacial score (nSPS) is 15.6. The number of para-hydroxylation sites is 1. The van der Waals surface area contributed by atoms with Crippen LogP contribution >= 0.6 is 0 Å². The summed E-state index contributed by atoms with van der Waals surface area (Å²) in [7, 11) is -4.17. The molecule has 0 atom stereocenters. The minimum absolute atomic E-state index is 0.00250. The van der Waals surface area contributed by atoms with Crippen LogP contribution in [0.3, 0.4) is 0 Å². The highest BCUT2D eigenvalue weighted by Gasteiger charge is 2.31. The van der Waals surface area contributed by atoms with Gasteiger partial charge < -0.3 is 14.4 Å². The van der Waals surface area contributed by atoms with Gasteiger partial charge in [0.2, 0.25) is 12.7 Å². The summed E-state index contributed by atoms with van der Waals surface area (Å²) < 4.78 is 53.4. The van der Waals surface area contributed by atoms with Gasteiger partial charge in [0.05, 0.1) is 10.6 Å². The molecule has 10 heteroatoms. The molecule has 1 saturated heterocycles. The Bertz CT molecular complexity index is 1390. The zero-order chi connectivity index (χ0) is 26.0. The summed E-state index contributed by atoms with van der Waals surface area (Å²) in [6.45, 7) is 4.43. The van der Waals surface area contributed by atoms with E-state index < -0.39 is 22.4 Å². The first-order valence-corrected chi connectivity index (χ1v) is 13.5. The monoisotopic (exact) mass is 525 g/mol. The van der Waals surface area contributed by atoms with Crippen molar-refractivity contribution in [2.45, 2.75) is 18.4 Å². The Morgan fingerprint density at radius 3 is 2.38 bits per heavy atom. The van der Waals surface area contributed by atoms with Crippen LogP contribution < -0.4 is 13.8 Å². The number of anilines is 1. The molecule has 0 aromatic heterocycles. The van der Waals surface area contributed by atoms with Crippen molar-refractivity contribution in [3.63, 3.8) is 0 Å². The lowest BCUT2D eigenvalue weighted by Crippen LogP contribution is -2.51. The largest absolute Gasteiger partial charge is 0.454 e. The van der Waals surface area contributed by atoms with Gasteiger partial charge in [0.25, 0.3) is 10.0 Å². The van der Waals surface area contributed by atoms with Gasteiger partial charge in [-0.05, 0) is 48.9 Å². The summed E-state index contributed by atoms with van der Waals surface area (Å²) in [4.78, 5) is 17.1. The van der Waals surface area contributed by atoms with E-state index >= 15 is 0 Å². The molecule has 0 spiro atoms.